The number of nitrogens with zero attached hydrogens (tertiary/aromatic N) is 2. The smallest absolute Gasteiger partial charge is 0.161 e. The van der Waals surface area contributed by atoms with E-state index < -0.39 is 0 Å². The van der Waals surface area contributed by atoms with Crippen LogP contribution in [0.1, 0.15) is 16.8 Å². The van der Waals surface area contributed by atoms with Crippen LogP contribution in [0.4, 0.5) is 5.69 Å². The lowest BCUT2D eigenvalue weighted by Gasteiger charge is -2.06. The van der Waals surface area contributed by atoms with Gasteiger partial charge in [0.25, 0.3) is 0 Å². The highest BCUT2D eigenvalue weighted by atomic mass is 16.5. The van der Waals surface area contributed by atoms with Gasteiger partial charge in [0, 0.05) is 17.5 Å². The number of methoxy groups -OCH3 is 1. The third-order valence-corrected chi connectivity index (χ3v) is 3.96. The molecule has 2 N–H and O–H groups in total. The molecule has 3 rings (SSSR count). The Labute approximate surface area is 124 Å². The molecule has 0 bridgehead atoms. The van der Waals surface area contributed by atoms with Crippen LogP contribution in [-0.2, 0) is 0 Å². The van der Waals surface area contributed by atoms with Crippen molar-refractivity contribution >= 4 is 11.3 Å². The molecule has 0 amide bonds. The molecular weight excluding hydrogens is 262 g/mol. The highest BCUT2D eigenvalue weighted by molar-refractivity contribution is 5.75. The van der Waals surface area contributed by atoms with E-state index in [0.717, 1.165) is 45.2 Å². The second kappa shape index (κ2) is 4.81. The molecule has 21 heavy (non-hydrogen) atoms. The molecule has 0 radical (unpaired) electrons. The largest absolute Gasteiger partial charge is 0.496 e. The van der Waals surface area contributed by atoms with E-state index in [4.69, 9.17) is 15.5 Å². The van der Waals surface area contributed by atoms with Crippen LogP contribution in [0, 0.1) is 20.8 Å². The first kappa shape index (κ1) is 13.5. The summed E-state index contributed by atoms with van der Waals surface area (Å²) in [5.74, 6) is 0.885. The fraction of sp³-hybridized carbons (Fsp3) is 0.235. The van der Waals surface area contributed by atoms with E-state index in [9.17, 15) is 0 Å². The minimum absolute atomic E-state index is 0.733. The Kier molecular flexibility index (Phi) is 3.09. The van der Waals surface area contributed by atoms with Gasteiger partial charge in [-0.15, -0.1) is 0 Å². The average Bonchev–Trinajstić information content (AvgIpc) is 2.81. The number of hydrogen-bond donors (Lipinski definition) is 1. The molecule has 0 unspecified atom stereocenters. The number of anilines is 1. The third kappa shape index (κ3) is 2.03. The van der Waals surface area contributed by atoms with E-state index in [2.05, 4.69) is 13.0 Å². The number of benzene rings is 1. The van der Waals surface area contributed by atoms with Crippen LogP contribution in [0.25, 0.3) is 16.9 Å². The summed E-state index contributed by atoms with van der Waals surface area (Å²) in [7, 11) is 1.68. The van der Waals surface area contributed by atoms with Gasteiger partial charge in [0.1, 0.15) is 5.75 Å². The number of nitrogen functional groups attached to an aromatic ring is 1. The van der Waals surface area contributed by atoms with E-state index >= 15 is 0 Å². The summed E-state index contributed by atoms with van der Waals surface area (Å²) in [6.45, 7) is 6.09. The predicted octanol–water partition coefficient (Wildman–Crippen LogP) is 3.52. The zero-order valence-corrected chi connectivity index (χ0v) is 12.8. The number of hydrogen-bond acceptors (Lipinski definition) is 3. The van der Waals surface area contributed by atoms with Gasteiger partial charge in [-0.3, -0.25) is 0 Å². The van der Waals surface area contributed by atoms with Gasteiger partial charge in [0.05, 0.1) is 18.5 Å². The maximum absolute atomic E-state index is 6.15. The first-order chi connectivity index (χ1) is 10.0. The van der Waals surface area contributed by atoms with Gasteiger partial charge in [-0.2, -0.15) is 0 Å². The molecule has 4 heteroatoms. The maximum atomic E-state index is 6.15. The number of aromatic nitrogens is 2. The molecule has 0 saturated heterocycles. The van der Waals surface area contributed by atoms with Crippen LogP contribution >= 0.6 is 0 Å². The number of pyridine rings is 1. The van der Waals surface area contributed by atoms with Gasteiger partial charge in [0.15, 0.2) is 5.65 Å². The highest BCUT2D eigenvalue weighted by Gasteiger charge is 2.14. The summed E-state index contributed by atoms with van der Waals surface area (Å²) >= 11 is 0. The topological polar surface area (TPSA) is 52.5 Å². The normalized spacial score (nSPS) is 11.0. The average molecular weight is 281 g/mol. The molecular formula is C17H19N3O. The lowest BCUT2D eigenvalue weighted by atomic mass is 10.1. The Bertz CT molecular complexity index is 834. The molecule has 0 atom stereocenters. The summed E-state index contributed by atoms with van der Waals surface area (Å²) in [5.41, 5.74) is 13.0. The van der Waals surface area contributed by atoms with E-state index in [1.54, 1.807) is 7.11 Å². The van der Waals surface area contributed by atoms with Crippen molar-refractivity contribution in [2.45, 2.75) is 20.8 Å². The van der Waals surface area contributed by atoms with Crippen LogP contribution < -0.4 is 10.5 Å². The number of fused-ring (bicyclic) bond motifs is 1. The molecule has 4 nitrogen and oxygen atoms in total. The Morgan fingerprint density at radius 2 is 1.86 bits per heavy atom. The van der Waals surface area contributed by atoms with Gasteiger partial charge >= 0.3 is 0 Å². The summed E-state index contributed by atoms with van der Waals surface area (Å²) < 4.78 is 7.35. The van der Waals surface area contributed by atoms with Crippen LogP contribution in [0.15, 0.2) is 30.5 Å². The van der Waals surface area contributed by atoms with E-state index in [1.165, 1.54) is 0 Å². The molecule has 3 aromatic rings. The number of nitrogens with two attached hydrogens (primary N) is 1. The first-order valence-electron chi connectivity index (χ1n) is 6.91. The summed E-state index contributed by atoms with van der Waals surface area (Å²) in [4.78, 5) is 4.74. The zero-order chi connectivity index (χ0) is 15.1. The van der Waals surface area contributed by atoms with E-state index in [1.807, 2.05) is 42.6 Å². The van der Waals surface area contributed by atoms with Gasteiger partial charge in [-0.1, -0.05) is 0 Å². The zero-order valence-electron chi connectivity index (χ0n) is 12.8. The molecule has 0 aliphatic rings. The highest BCUT2D eigenvalue weighted by Crippen LogP contribution is 2.30. The van der Waals surface area contributed by atoms with Gasteiger partial charge < -0.3 is 14.9 Å². The van der Waals surface area contributed by atoms with Crippen molar-refractivity contribution in [1.29, 1.82) is 0 Å². The maximum Gasteiger partial charge on any atom is 0.161 e. The fourth-order valence-electron chi connectivity index (χ4n) is 2.64. The van der Waals surface area contributed by atoms with Crippen LogP contribution in [-0.4, -0.2) is 16.5 Å². The summed E-state index contributed by atoms with van der Waals surface area (Å²) in [6.07, 6.45) is 2.02. The molecule has 1 aromatic carbocycles. The lowest BCUT2D eigenvalue weighted by molar-refractivity contribution is 0.412. The van der Waals surface area contributed by atoms with Gasteiger partial charge in [0.2, 0.25) is 0 Å². The van der Waals surface area contributed by atoms with Gasteiger partial charge in [-0.05, 0) is 56.2 Å². The Hall–Kier alpha value is -2.49. The van der Waals surface area contributed by atoms with Gasteiger partial charge in [-0.25, -0.2) is 4.98 Å². The molecule has 0 aliphatic carbocycles. The molecule has 2 aromatic heterocycles. The Morgan fingerprint density at radius 1 is 1.10 bits per heavy atom. The van der Waals surface area contributed by atoms with Crippen molar-refractivity contribution in [3.8, 4) is 17.0 Å². The molecule has 2 heterocycles. The third-order valence-electron chi connectivity index (χ3n) is 3.96. The van der Waals surface area contributed by atoms with E-state index in [-0.39, 0.29) is 0 Å². The van der Waals surface area contributed by atoms with Crippen molar-refractivity contribution < 1.29 is 4.74 Å². The number of ether oxygens (including phenoxy) is 1. The quantitative estimate of drug-likeness (QED) is 0.782. The number of aryl methyl sites for hydroxylation is 3. The van der Waals surface area contributed by atoms with Crippen LogP contribution in [0.3, 0.4) is 0 Å². The standard InChI is InChI=1S/C17H19N3O/c1-10-7-8-20-12(3)16(19-17(20)15(10)18)13-5-6-14(21-4)11(2)9-13/h5-9H,18H2,1-4H3. The molecule has 0 fully saturated rings. The van der Waals surface area contributed by atoms with E-state index in [0.29, 0.717) is 0 Å². The van der Waals surface area contributed by atoms with Crippen molar-refractivity contribution in [3.63, 3.8) is 0 Å². The molecule has 0 spiro atoms. The second-order valence-corrected chi connectivity index (χ2v) is 5.34. The molecule has 0 saturated carbocycles. The summed E-state index contributed by atoms with van der Waals surface area (Å²) in [6, 6.07) is 8.11. The molecule has 0 aliphatic heterocycles. The van der Waals surface area contributed by atoms with Crippen molar-refractivity contribution in [2.75, 3.05) is 12.8 Å². The monoisotopic (exact) mass is 281 g/mol. The number of rotatable bonds is 2. The Morgan fingerprint density at radius 3 is 2.52 bits per heavy atom. The predicted molar refractivity (Wildman–Crippen MR) is 85.8 cm³/mol. The van der Waals surface area contributed by atoms with Crippen molar-refractivity contribution in [3.05, 3.63) is 47.3 Å². The van der Waals surface area contributed by atoms with Crippen molar-refractivity contribution in [2.24, 2.45) is 0 Å². The lowest BCUT2D eigenvalue weighted by Crippen LogP contribution is -1.96. The minimum atomic E-state index is 0.733. The number of imidazole rings is 1. The minimum Gasteiger partial charge on any atom is -0.496 e. The Balaban J connectivity index is 2.23. The molecule has 108 valence electrons. The van der Waals surface area contributed by atoms with Crippen LogP contribution in [0.5, 0.6) is 5.75 Å². The fourth-order valence-corrected chi connectivity index (χ4v) is 2.64. The first-order valence-corrected chi connectivity index (χ1v) is 6.91. The SMILES string of the molecule is COc1ccc(-c2nc3c(N)c(C)ccn3c2C)cc1C. The second-order valence-electron chi connectivity index (χ2n) is 5.34. The van der Waals surface area contributed by atoms with Crippen molar-refractivity contribution in [1.82, 2.24) is 9.38 Å². The van der Waals surface area contributed by atoms with Crippen LogP contribution in [0.2, 0.25) is 0 Å². The summed E-state index contributed by atoms with van der Waals surface area (Å²) in [5, 5.41) is 0.